The van der Waals surface area contributed by atoms with Gasteiger partial charge in [0.15, 0.2) is 5.43 Å². The minimum absolute atomic E-state index is 0.0471. The van der Waals surface area contributed by atoms with Gasteiger partial charge in [-0.1, -0.05) is 6.07 Å². The molecule has 0 unspecified atom stereocenters. The number of pyridine rings is 1. The predicted molar refractivity (Wildman–Crippen MR) is 146 cm³/mol. The van der Waals surface area contributed by atoms with Gasteiger partial charge in [-0.2, -0.15) is 10.3 Å². The van der Waals surface area contributed by atoms with E-state index < -0.39 is 0 Å². The number of anilines is 1. The van der Waals surface area contributed by atoms with Crippen molar-refractivity contribution >= 4 is 27.6 Å². The maximum absolute atomic E-state index is 13.6. The zero-order valence-electron chi connectivity index (χ0n) is 21.7. The molecule has 2 aromatic carbocycles. The van der Waals surface area contributed by atoms with Crippen LogP contribution >= 0.6 is 0 Å². The molecular formula is C28H26N8O2. The number of nitrogens with one attached hydrogen (secondary N) is 2. The fourth-order valence-corrected chi connectivity index (χ4v) is 4.87. The van der Waals surface area contributed by atoms with Crippen molar-refractivity contribution < 1.29 is 4.42 Å². The molecule has 10 nitrogen and oxygen atoms in total. The van der Waals surface area contributed by atoms with Crippen LogP contribution in [0.25, 0.3) is 44.7 Å². The minimum atomic E-state index is -0.230. The Bertz CT molecular complexity index is 1890. The summed E-state index contributed by atoms with van der Waals surface area (Å²) < 4.78 is 8.33. The van der Waals surface area contributed by atoms with Gasteiger partial charge in [0.2, 0.25) is 5.82 Å². The molecule has 0 radical (unpaired) electrons. The maximum atomic E-state index is 13.6. The first-order chi connectivity index (χ1) is 18.3. The highest BCUT2D eigenvalue weighted by Gasteiger charge is 2.21. The SMILES string of the molecule is Cc1cc([C@@H](C)Nc2ccc(C)nc2-c2nn[nH]n2)c2oc(-c3ccc4nn(C)cc4c3)c(C)c(=O)c2c1. The third-order valence-corrected chi connectivity index (χ3v) is 6.70. The number of hydrogen-bond acceptors (Lipinski definition) is 8. The second-order valence-corrected chi connectivity index (χ2v) is 9.64. The lowest BCUT2D eigenvalue weighted by molar-refractivity contribution is 0.606. The lowest BCUT2D eigenvalue weighted by atomic mass is 9.98. The van der Waals surface area contributed by atoms with E-state index >= 15 is 0 Å². The van der Waals surface area contributed by atoms with Gasteiger partial charge in [0.25, 0.3) is 0 Å². The maximum Gasteiger partial charge on any atom is 0.225 e. The molecule has 4 heterocycles. The molecule has 0 fully saturated rings. The minimum Gasteiger partial charge on any atom is -0.455 e. The number of hydrogen-bond donors (Lipinski definition) is 2. The second-order valence-electron chi connectivity index (χ2n) is 9.64. The van der Waals surface area contributed by atoms with Gasteiger partial charge < -0.3 is 9.73 Å². The van der Waals surface area contributed by atoms with Crippen LogP contribution in [0.1, 0.15) is 35.3 Å². The summed E-state index contributed by atoms with van der Waals surface area (Å²) in [5, 5.41) is 23.9. The van der Waals surface area contributed by atoms with Crippen LogP contribution in [0, 0.1) is 20.8 Å². The van der Waals surface area contributed by atoms with Gasteiger partial charge in [-0.3, -0.25) is 9.48 Å². The lowest BCUT2D eigenvalue weighted by Crippen LogP contribution is -2.13. The van der Waals surface area contributed by atoms with Crippen molar-refractivity contribution in [3.05, 3.63) is 81.3 Å². The molecule has 1 atom stereocenters. The third-order valence-electron chi connectivity index (χ3n) is 6.70. The normalized spacial score (nSPS) is 12.3. The fraction of sp³-hybridized carbons (Fsp3) is 0.214. The van der Waals surface area contributed by atoms with Crippen molar-refractivity contribution in [1.82, 2.24) is 35.4 Å². The molecule has 0 amide bonds. The largest absolute Gasteiger partial charge is 0.455 e. The number of rotatable bonds is 5. The van der Waals surface area contributed by atoms with E-state index in [1.54, 1.807) is 4.68 Å². The van der Waals surface area contributed by atoms with E-state index in [-0.39, 0.29) is 11.5 Å². The molecule has 6 aromatic rings. The lowest BCUT2D eigenvalue weighted by Gasteiger charge is -2.20. The van der Waals surface area contributed by atoms with E-state index in [1.807, 2.05) is 83.4 Å². The Hall–Kier alpha value is -4.86. The standard InChI is InChI=1S/C28H26N8O2/c1-14-10-20(17(4)30-23-8-6-15(2)29-24(23)28-31-34-35-32-28)27-21(11-14)25(37)16(3)26(38-27)18-7-9-22-19(12-18)13-36(5)33-22/h6-13,17,30H,1-5H3,(H,31,32,34,35)/t17-/m1/s1. The average Bonchev–Trinajstić information content (AvgIpc) is 3.56. The molecule has 0 saturated heterocycles. The molecule has 2 N–H and O–H groups in total. The number of nitrogens with zero attached hydrogens (tertiary/aromatic N) is 6. The summed E-state index contributed by atoms with van der Waals surface area (Å²) in [4.78, 5) is 18.2. The van der Waals surface area contributed by atoms with E-state index in [2.05, 4.69) is 36.0 Å². The Labute approximate surface area is 217 Å². The van der Waals surface area contributed by atoms with E-state index in [9.17, 15) is 4.79 Å². The summed E-state index contributed by atoms with van der Waals surface area (Å²) in [5.74, 6) is 0.947. The summed E-state index contributed by atoms with van der Waals surface area (Å²) in [6, 6.07) is 13.4. The van der Waals surface area contributed by atoms with Gasteiger partial charge in [0.1, 0.15) is 17.0 Å². The average molecular weight is 507 g/mol. The number of fused-ring (bicyclic) bond motifs is 2. The van der Waals surface area contributed by atoms with Crippen LogP contribution in [0.5, 0.6) is 0 Å². The topological polar surface area (TPSA) is 127 Å². The van der Waals surface area contributed by atoms with Crippen LogP contribution in [0.4, 0.5) is 5.69 Å². The first kappa shape index (κ1) is 23.5. The molecular weight excluding hydrogens is 480 g/mol. The van der Waals surface area contributed by atoms with Crippen molar-refractivity contribution in [2.45, 2.75) is 33.7 Å². The Morgan fingerprint density at radius 3 is 2.71 bits per heavy atom. The monoisotopic (exact) mass is 506 g/mol. The van der Waals surface area contributed by atoms with Gasteiger partial charge in [-0.25, -0.2) is 4.98 Å². The number of aryl methyl sites for hydroxylation is 3. The summed E-state index contributed by atoms with van der Waals surface area (Å²) in [6.07, 6.45) is 1.95. The van der Waals surface area contributed by atoms with E-state index in [0.717, 1.165) is 39.0 Å². The fourth-order valence-electron chi connectivity index (χ4n) is 4.87. The van der Waals surface area contributed by atoms with Gasteiger partial charge in [0, 0.05) is 41.0 Å². The van der Waals surface area contributed by atoms with Crippen molar-refractivity contribution in [1.29, 1.82) is 0 Å². The molecule has 0 spiro atoms. The van der Waals surface area contributed by atoms with Crippen LogP contribution in [-0.4, -0.2) is 35.4 Å². The first-order valence-electron chi connectivity index (χ1n) is 12.3. The second kappa shape index (κ2) is 8.91. The highest BCUT2D eigenvalue weighted by atomic mass is 16.3. The van der Waals surface area contributed by atoms with Crippen LogP contribution in [-0.2, 0) is 7.05 Å². The van der Waals surface area contributed by atoms with Crippen molar-refractivity contribution in [2.75, 3.05) is 5.32 Å². The molecule has 10 heteroatoms. The number of aromatic amines is 1. The van der Waals surface area contributed by atoms with Gasteiger partial charge in [-0.15, -0.1) is 10.2 Å². The summed E-state index contributed by atoms with van der Waals surface area (Å²) >= 11 is 0. The number of H-pyrrole nitrogens is 1. The van der Waals surface area contributed by atoms with E-state index in [0.29, 0.717) is 33.8 Å². The smallest absolute Gasteiger partial charge is 0.225 e. The predicted octanol–water partition coefficient (Wildman–Crippen LogP) is 5.02. The van der Waals surface area contributed by atoms with E-state index in [4.69, 9.17) is 4.42 Å². The zero-order valence-corrected chi connectivity index (χ0v) is 21.7. The molecule has 6 rings (SSSR count). The molecule has 0 aliphatic heterocycles. The van der Waals surface area contributed by atoms with E-state index in [1.165, 1.54) is 0 Å². The van der Waals surface area contributed by atoms with Crippen LogP contribution in [0.15, 0.2) is 57.9 Å². The van der Waals surface area contributed by atoms with Crippen molar-refractivity contribution in [3.8, 4) is 22.8 Å². The Balaban J connectivity index is 1.49. The molecule has 38 heavy (non-hydrogen) atoms. The van der Waals surface area contributed by atoms with Crippen LogP contribution in [0.3, 0.4) is 0 Å². The third kappa shape index (κ3) is 4.00. The summed E-state index contributed by atoms with van der Waals surface area (Å²) in [6.45, 7) is 7.72. The summed E-state index contributed by atoms with van der Waals surface area (Å²) in [7, 11) is 1.89. The first-order valence-corrected chi connectivity index (χ1v) is 12.3. The number of aromatic nitrogens is 7. The Morgan fingerprint density at radius 1 is 1.08 bits per heavy atom. The molecule has 0 aliphatic carbocycles. The molecule has 4 aromatic heterocycles. The quantitative estimate of drug-likeness (QED) is 0.334. The highest BCUT2D eigenvalue weighted by molar-refractivity contribution is 5.87. The summed E-state index contributed by atoms with van der Waals surface area (Å²) in [5.41, 5.74) is 6.79. The van der Waals surface area contributed by atoms with Crippen molar-refractivity contribution in [2.24, 2.45) is 7.05 Å². The molecule has 190 valence electrons. The molecule has 0 bridgehead atoms. The zero-order chi connectivity index (χ0) is 26.6. The molecule has 0 saturated carbocycles. The van der Waals surface area contributed by atoms with Crippen molar-refractivity contribution in [3.63, 3.8) is 0 Å². The van der Waals surface area contributed by atoms with Gasteiger partial charge in [-0.05, 0) is 74.9 Å². The number of tetrazole rings is 1. The Kier molecular flexibility index (Phi) is 5.52. The van der Waals surface area contributed by atoms with Crippen LogP contribution < -0.4 is 10.7 Å². The Morgan fingerprint density at radius 2 is 1.92 bits per heavy atom. The highest BCUT2D eigenvalue weighted by Crippen LogP contribution is 2.34. The molecule has 0 aliphatic rings. The number of benzene rings is 2. The van der Waals surface area contributed by atoms with Gasteiger partial charge >= 0.3 is 0 Å². The van der Waals surface area contributed by atoms with Crippen LogP contribution in [0.2, 0.25) is 0 Å². The van der Waals surface area contributed by atoms with Gasteiger partial charge in [0.05, 0.1) is 22.6 Å².